The highest BCUT2D eigenvalue weighted by molar-refractivity contribution is 5.34. The summed E-state index contributed by atoms with van der Waals surface area (Å²) in [5, 5.41) is 0. The molecule has 2 aromatic rings. The number of methoxy groups -OCH3 is 1. The zero-order chi connectivity index (χ0) is 19.4. The normalized spacial score (nSPS) is 12.1. The Bertz CT molecular complexity index is 688. The molecule has 0 amide bonds. The third-order valence-electron chi connectivity index (χ3n) is 3.59. The number of ether oxygens (including phenoxy) is 2. The van der Waals surface area contributed by atoms with E-state index in [-0.39, 0.29) is 31.1 Å². The molecule has 26 heavy (non-hydrogen) atoms. The van der Waals surface area contributed by atoms with Crippen molar-refractivity contribution in [2.24, 2.45) is 0 Å². The van der Waals surface area contributed by atoms with Gasteiger partial charge in [0.2, 0.25) is 0 Å². The Balaban J connectivity index is 2.01. The molecule has 2 nitrogen and oxygen atoms in total. The number of benzene rings is 2. The first kappa shape index (κ1) is 19.9. The largest absolute Gasteiger partial charge is 0.497 e. The van der Waals surface area contributed by atoms with Gasteiger partial charge in [0.05, 0.1) is 24.8 Å². The zero-order valence-corrected chi connectivity index (χ0v) is 13.7. The van der Waals surface area contributed by atoms with Crippen LogP contribution in [0.25, 0.3) is 0 Å². The number of alkyl halides is 6. The van der Waals surface area contributed by atoms with Crippen molar-refractivity contribution in [1.29, 1.82) is 0 Å². The van der Waals surface area contributed by atoms with Gasteiger partial charge in [0.15, 0.2) is 0 Å². The van der Waals surface area contributed by atoms with Crippen molar-refractivity contribution in [3.05, 3.63) is 59.2 Å². The van der Waals surface area contributed by atoms with Gasteiger partial charge >= 0.3 is 12.4 Å². The maximum absolute atomic E-state index is 12.8. The van der Waals surface area contributed by atoms with Crippen LogP contribution in [0.5, 0.6) is 11.5 Å². The van der Waals surface area contributed by atoms with E-state index in [1.807, 2.05) is 0 Å². The lowest BCUT2D eigenvalue weighted by molar-refractivity contribution is -0.143. The van der Waals surface area contributed by atoms with Crippen LogP contribution >= 0.6 is 0 Å². The summed E-state index contributed by atoms with van der Waals surface area (Å²) in [6.45, 7) is 0.157. The Morgan fingerprint density at radius 2 is 1.27 bits per heavy atom. The van der Waals surface area contributed by atoms with Crippen LogP contribution in [-0.2, 0) is 18.8 Å². The molecule has 0 atom stereocenters. The second kappa shape index (κ2) is 7.88. The molecule has 0 aliphatic carbocycles. The van der Waals surface area contributed by atoms with Gasteiger partial charge in [0.25, 0.3) is 0 Å². The predicted octanol–water partition coefficient (Wildman–Crippen LogP) is 5.74. The first-order chi connectivity index (χ1) is 12.1. The SMILES string of the molecule is COc1ccc(OCCCc2cc(C(F)(F)F)cc(C(F)(F)F)c2)cc1. The van der Waals surface area contributed by atoms with Gasteiger partial charge in [-0.3, -0.25) is 0 Å². The highest BCUT2D eigenvalue weighted by Gasteiger charge is 2.36. The van der Waals surface area contributed by atoms with Crippen molar-refractivity contribution >= 4 is 0 Å². The average molecular weight is 378 g/mol. The van der Waals surface area contributed by atoms with Crippen molar-refractivity contribution in [3.63, 3.8) is 0 Å². The summed E-state index contributed by atoms with van der Waals surface area (Å²) < 4.78 is 87.2. The molecule has 0 aliphatic heterocycles. The van der Waals surface area contributed by atoms with Gasteiger partial charge in [0.1, 0.15) is 11.5 Å². The molecule has 0 fully saturated rings. The van der Waals surface area contributed by atoms with Crippen molar-refractivity contribution in [2.45, 2.75) is 25.2 Å². The van der Waals surface area contributed by atoms with Crippen LogP contribution in [0.4, 0.5) is 26.3 Å². The van der Waals surface area contributed by atoms with Crippen LogP contribution in [0.2, 0.25) is 0 Å². The first-order valence-corrected chi connectivity index (χ1v) is 7.65. The van der Waals surface area contributed by atoms with E-state index in [0.29, 0.717) is 11.5 Å². The lowest BCUT2D eigenvalue weighted by Gasteiger charge is -2.14. The van der Waals surface area contributed by atoms with Crippen molar-refractivity contribution < 1.29 is 35.8 Å². The van der Waals surface area contributed by atoms with Crippen molar-refractivity contribution in [2.75, 3.05) is 13.7 Å². The maximum Gasteiger partial charge on any atom is 0.416 e. The number of hydrogen-bond acceptors (Lipinski definition) is 2. The molecule has 8 heteroatoms. The monoisotopic (exact) mass is 378 g/mol. The van der Waals surface area contributed by atoms with Gasteiger partial charge < -0.3 is 9.47 Å². The summed E-state index contributed by atoms with van der Waals surface area (Å²) in [6, 6.07) is 8.27. The minimum Gasteiger partial charge on any atom is -0.497 e. The van der Waals surface area contributed by atoms with Gasteiger partial charge in [-0.05, 0) is 60.9 Å². The van der Waals surface area contributed by atoms with Crippen LogP contribution in [0.3, 0.4) is 0 Å². The highest BCUT2D eigenvalue weighted by atomic mass is 19.4. The van der Waals surface area contributed by atoms with Gasteiger partial charge in [-0.25, -0.2) is 0 Å². The first-order valence-electron chi connectivity index (χ1n) is 7.65. The molecule has 142 valence electrons. The number of hydrogen-bond donors (Lipinski definition) is 0. The third-order valence-corrected chi connectivity index (χ3v) is 3.59. The van der Waals surface area contributed by atoms with Crippen LogP contribution in [0, 0.1) is 0 Å². The van der Waals surface area contributed by atoms with E-state index in [2.05, 4.69) is 0 Å². The molecule has 0 bridgehead atoms. The molecule has 0 saturated heterocycles. The smallest absolute Gasteiger partial charge is 0.416 e. The van der Waals surface area contributed by atoms with E-state index in [9.17, 15) is 26.3 Å². The molecule has 2 aromatic carbocycles. The van der Waals surface area contributed by atoms with Crippen LogP contribution in [-0.4, -0.2) is 13.7 Å². The lowest BCUT2D eigenvalue weighted by Crippen LogP contribution is -2.12. The fraction of sp³-hybridized carbons (Fsp3) is 0.333. The number of aryl methyl sites for hydroxylation is 1. The van der Waals surface area contributed by atoms with Gasteiger partial charge in [0, 0.05) is 0 Å². The van der Waals surface area contributed by atoms with Gasteiger partial charge in [-0.15, -0.1) is 0 Å². The van der Waals surface area contributed by atoms with E-state index in [1.165, 1.54) is 7.11 Å². The molecular formula is C18H16F6O2. The predicted molar refractivity (Wildman–Crippen MR) is 83.3 cm³/mol. The summed E-state index contributed by atoms with van der Waals surface area (Å²) in [4.78, 5) is 0. The topological polar surface area (TPSA) is 18.5 Å². The summed E-state index contributed by atoms with van der Waals surface area (Å²) in [5.41, 5.74) is -2.65. The van der Waals surface area contributed by atoms with Crippen molar-refractivity contribution in [1.82, 2.24) is 0 Å². The zero-order valence-electron chi connectivity index (χ0n) is 13.7. The molecule has 0 heterocycles. The maximum atomic E-state index is 12.8. The minimum atomic E-state index is -4.84. The van der Waals surface area contributed by atoms with Gasteiger partial charge in [-0.2, -0.15) is 26.3 Å². The Morgan fingerprint density at radius 3 is 1.73 bits per heavy atom. The molecule has 0 aromatic heterocycles. The minimum absolute atomic E-state index is 0.0309. The van der Waals surface area contributed by atoms with Crippen molar-refractivity contribution in [3.8, 4) is 11.5 Å². The molecule has 0 spiro atoms. The number of rotatable bonds is 6. The second-order valence-electron chi connectivity index (χ2n) is 5.54. The Labute approximate surface area is 146 Å². The lowest BCUT2D eigenvalue weighted by atomic mass is 10.0. The molecule has 0 radical (unpaired) electrons. The Hall–Kier alpha value is -2.38. The summed E-state index contributed by atoms with van der Waals surface area (Å²) in [7, 11) is 1.51. The average Bonchev–Trinajstić information content (AvgIpc) is 2.57. The third kappa shape index (κ3) is 5.57. The summed E-state index contributed by atoms with van der Waals surface area (Å²) >= 11 is 0. The van der Waals surface area contributed by atoms with E-state index in [1.54, 1.807) is 24.3 Å². The molecular weight excluding hydrogens is 362 g/mol. The van der Waals surface area contributed by atoms with Gasteiger partial charge in [-0.1, -0.05) is 0 Å². The molecule has 0 aliphatic rings. The fourth-order valence-corrected chi connectivity index (χ4v) is 2.30. The van der Waals surface area contributed by atoms with E-state index < -0.39 is 23.5 Å². The molecule has 0 unspecified atom stereocenters. The van der Waals surface area contributed by atoms with Crippen LogP contribution < -0.4 is 9.47 Å². The molecule has 0 N–H and O–H groups in total. The van der Waals surface area contributed by atoms with E-state index in [0.717, 1.165) is 12.1 Å². The summed E-state index contributed by atoms with van der Waals surface area (Å²) in [5.74, 6) is 1.17. The van der Waals surface area contributed by atoms with Crippen LogP contribution in [0.1, 0.15) is 23.1 Å². The number of halogens is 6. The van der Waals surface area contributed by atoms with Crippen LogP contribution in [0.15, 0.2) is 42.5 Å². The Kier molecular flexibility index (Phi) is 6.05. The standard InChI is InChI=1S/C18H16F6O2/c1-25-15-4-6-16(7-5-15)26-8-2-3-12-9-13(17(19,20)21)11-14(10-12)18(22,23)24/h4-7,9-11H,2-3,8H2,1H3. The van der Waals surface area contributed by atoms with E-state index >= 15 is 0 Å². The second-order valence-corrected chi connectivity index (χ2v) is 5.54. The Morgan fingerprint density at radius 1 is 0.769 bits per heavy atom. The fourth-order valence-electron chi connectivity index (χ4n) is 2.30. The van der Waals surface area contributed by atoms with E-state index in [4.69, 9.17) is 9.47 Å². The highest BCUT2D eigenvalue weighted by Crippen LogP contribution is 2.36. The molecule has 2 rings (SSSR count). The summed E-state index contributed by atoms with van der Waals surface area (Å²) in [6.07, 6.45) is -9.38. The quantitative estimate of drug-likeness (QED) is 0.471. The molecule has 0 saturated carbocycles.